The van der Waals surface area contributed by atoms with E-state index in [1.807, 2.05) is 49.5 Å². The molecule has 4 heterocycles. The lowest BCUT2D eigenvalue weighted by Gasteiger charge is -2.18. The Labute approximate surface area is 203 Å². The maximum Gasteiger partial charge on any atom is 0.320 e. The summed E-state index contributed by atoms with van der Waals surface area (Å²) in [5.41, 5.74) is 4.00. The van der Waals surface area contributed by atoms with Crippen LogP contribution in [0, 0.1) is 12.8 Å². The third-order valence-corrected chi connectivity index (χ3v) is 6.49. The number of nitrogens with zero attached hydrogens (tertiary/aromatic N) is 6. The SMILES string of the molecule is COCCN1C[C@@H](C)[C@H](NC(=O)Nc2c(C)c(-c3cnc4ccnn4c3)nn2-c2ccccc2)C1. The molecule has 1 saturated heterocycles. The van der Waals surface area contributed by atoms with E-state index in [-0.39, 0.29) is 12.1 Å². The predicted molar refractivity (Wildman–Crippen MR) is 134 cm³/mol. The predicted octanol–water partition coefficient (Wildman–Crippen LogP) is 2.98. The first-order valence-electron chi connectivity index (χ1n) is 11.8. The molecule has 182 valence electrons. The molecule has 0 spiro atoms. The first-order chi connectivity index (χ1) is 17.0. The molecule has 0 bridgehead atoms. The maximum absolute atomic E-state index is 13.1. The number of para-hydroxylation sites is 1. The van der Waals surface area contributed by atoms with Gasteiger partial charge in [-0.3, -0.25) is 10.2 Å². The van der Waals surface area contributed by atoms with Gasteiger partial charge in [0, 0.05) is 62.4 Å². The highest BCUT2D eigenvalue weighted by Crippen LogP contribution is 2.30. The van der Waals surface area contributed by atoms with E-state index in [0.29, 0.717) is 18.3 Å². The number of carbonyl (C=O) groups is 1. The third kappa shape index (κ3) is 4.75. The van der Waals surface area contributed by atoms with Crippen molar-refractivity contribution < 1.29 is 9.53 Å². The van der Waals surface area contributed by atoms with Crippen molar-refractivity contribution in [3.05, 3.63) is 60.6 Å². The number of amides is 2. The van der Waals surface area contributed by atoms with E-state index in [0.717, 1.165) is 47.8 Å². The van der Waals surface area contributed by atoms with Gasteiger partial charge >= 0.3 is 6.03 Å². The minimum Gasteiger partial charge on any atom is -0.383 e. The Balaban J connectivity index is 1.42. The van der Waals surface area contributed by atoms with E-state index in [4.69, 9.17) is 9.84 Å². The zero-order valence-corrected chi connectivity index (χ0v) is 20.2. The second kappa shape index (κ2) is 9.85. The minimum atomic E-state index is -0.247. The molecular weight excluding hydrogens is 444 g/mol. The number of aromatic nitrogens is 5. The van der Waals surface area contributed by atoms with Crippen molar-refractivity contribution in [1.29, 1.82) is 0 Å². The highest BCUT2D eigenvalue weighted by atomic mass is 16.5. The lowest BCUT2D eigenvalue weighted by Crippen LogP contribution is -2.42. The molecule has 2 atom stereocenters. The van der Waals surface area contributed by atoms with E-state index >= 15 is 0 Å². The van der Waals surface area contributed by atoms with Crippen LogP contribution in [0.2, 0.25) is 0 Å². The summed E-state index contributed by atoms with van der Waals surface area (Å²) in [5, 5.41) is 15.4. The zero-order chi connectivity index (χ0) is 24.4. The first-order valence-corrected chi connectivity index (χ1v) is 11.8. The monoisotopic (exact) mass is 474 g/mol. The number of urea groups is 1. The number of ether oxygens (including phenoxy) is 1. The molecule has 1 aliphatic rings. The van der Waals surface area contributed by atoms with Gasteiger partial charge in [0.25, 0.3) is 0 Å². The molecule has 2 amide bonds. The van der Waals surface area contributed by atoms with Crippen LogP contribution in [-0.4, -0.2) is 74.7 Å². The smallest absolute Gasteiger partial charge is 0.320 e. The van der Waals surface area contributed by atoms with Crippen molar-refractivity contribution in [3.63, 3.8) is 0 Å². The number of hydrogen-bond acceptors (Lipinski definition) is 6. The van der Waals surface area contributed by atoms with Crippen LogP contribution in [0.25, 0.3) is 22.6 Å². The van der Waals surface area contributed by atoms with Gasteiger partial charge in [0.15, 0.2) is 5.65 Å². The molecule has 0 aliphatic carbocycles. The highest BCUT2D eigenvalue weighted by Gasteiger charge is 2.31. The van der Waals surface area contributed by atoms with E-state index in [2.05, 4.69) is 32.5 Å². The summed E-state index contributed by atoms with van der Waals surface area (Å²) in [6.07, 6.45) is 5.38. The average molecular weight is 475 g/mol. The average Bonchev–Trinajstić information content (AvgIpc) is 3.56. The molecule has 0 radical (unpaired) electrons. The van der Waals surface area contributed by atoms with Crippen molar-refractivity contribution in [2.45, 2.75) is 19.9 Å². The lowest BCUT2D eigenvalue weighted by molar-refractivity contribution is 0.158. The molecule has 35 heavy (non-hydrogen) atoms. The van der Waals surface area contributed by atoms with Crippen molar-refractivity contribution in [2.24, 2.45) is 5.92 Å². The van der Waals surface area contributed by atoms with Crippen molar-refractivity contribution >= 4 is 17.5 Å². The summed E-state index contributed by atoms with van der Waals surface area (Å²) in [6, 6.07) is 11.4. The van der Waals surface area contributed by atoms with Crippen LogP contribution in [-0.2, 0) is 4.74 Å². The van der Waals surface area contributed by atoms with Crippen LogP contribution in [0.4, 0.5) is 10.6 Å². The molecular formula is C25H30N8O2. The van der Waals surface area contributed by atoms with Crippen LogP contribution >= 0.6 is 0 Å². The van der Waals surface area contributed by atoms with Gasteiger partial charge in [-0.2, -0.15) is 10.2 Å². The van der Waals surface area contributed by atoms with Crippen molar-refractivity contribution in [2.75, 3.05) is 38.7 Å². The lowest BCUT2D eigenvalue weighted by atomic mass is 10.1. The van der Waals surface area contributed by atoms with Gasteiger partial charge in [-0.05, 0) is 25.0 Å². The number of anilines is 1. The highest BCUT2D eigenvalue weighted by molar-refractivity contribution is 5.91. The number of nitrogens with one attached hydrogen (secondary N) is 2. The van der Waals surface area contributed by atoms with Crippen LogP contribution in [0.5, 0.6) is 0 Å². The Morgan fingerprint density at radius 3 is 2.83 bits per heavy atom. The molecule has 3 aromatic heterocycles. The van der Waals surface area contributed by atoms with E-state index in [9.17, 15) is 4.79 Å². The summed E-state index contributed by atoms with van der Waals surface area (Å²) in [4.78, 5) is 19.9. The fourth-order valence-electron chi connectivity index (χ4n) is 4.58. The number of hydrogen-bond donors (Lipinski definition) is 2. The van der Waals surface area contributed by atoms with E-state index < -0.39 is 0 Å². The number of fused-ring (bicyclic) bond motifs is 1. The van der Waals surface area contributed by atoms with Crippen LogP contribution in [0.15, 0.2) is 55.0 Å². The van der Waals surface area contributed by atoms with Gasteiger partial charge < -0.3 is 10.1 Å². The Kier molecular flexibility index (Phi) is 6.47. The number of likely N-dealkylation sites (tertiary alicyclic amines) is 1. The van der Waals surface area contributed by atoms with E-state index in [1.54, 1.807) is 28.7 Å². The van der Waals surface area contributed by atoms with Crippen LogP contribution in [0.3, 0.4) is 0 Å². The van der Waals surface area contributed by atoms with Crippen LogP contribution in [0.1, 0.15) is 12.5 Å². The van der Waals surface area contributed by atoms with E-state index in [1.165, 1.54) is 0 Å². The Morgan fingerprint density at radius 1 is 1.20 bits per heavy atom. The molecule has 1 fully saturated rings. The molecule has 2 N–H and O–H groups in total. The third-order valence-electron chi connectivity index (χ3n) is 6.49. The fourth-order valence-corrected chi connectivity index (χ4v) is 4.58. The van der Waals surface area contributed by atoms with Crippen molar-refractivity contribution in [1.82, 2.24) is 34.6 Å². The fraction of sp³-hybridized carbons (Fsp3) is 0.360. The standard InChI is InChI=1S/C25H30N8O2/c1-17-14-31(11-12-35-3)16-21(17)28-25(34)29-24-18(2)23(30-33(24)20-7-5-4-6-8-20)19-13-26-22-9-10-27-32(22)15-19/h4-10,13,15,17,21H,11-12,14,16H2,1-3H3,(H2,28,29,34)/t17-,21-/m1/s1. The number of carbonyl (C=O) groups excluding carboxylic acids is 1. The van der Waals surface area contributed by atoms with Crippen LogP contribution < -0.4 is 10.6 Å². The minimum absolute atomic E-state index is 0.0613. The molecule has 1 aromatic carbocycles. The number of benzene rings is 1. The molecule has 10 nitrogen and oxygen atoms in total. The summed E-state index contributed by atoms with van der Waals surface area (Å²) in [5.74, 6) is 0.964. The molecule has 0 saturated carbocycles. The second-order valence-electron chi connectivity index (χ2n) is 8.98. The first kappa shape index (κ1) is 23.0. The zero-order valence-electron chi connectivity index (χ0n) is 20.2. The van der Waals surface area contributed by atoms with Crippen molar-refractivity contribution in [3.8, 4) is 16.9 Å². The molecule has 0 unspecified atom stereocenters. The normalized spacial score (nSPS) is 18.3. The van der Waals surface area contributed by atoms with Gasteiger partial charge in [0.1, 0.15) is 11.5 Å². The van der Waals surface area contributed by atoms with Gasteiger partial charge in [-0.1, -0.05) is 25.1 Å². The molecule has 4 aromatic rings. The summed E-state index contributed by atoms with van der Waals surface area (Å²) < 4.78 is 8.68. The molecule has 5 rings (SSSR count). The van der Waals surface area contributed by atoms with Gasteiger partial charge in [-0.25, -0.2) is 19.0 Å². The molecule has 10 heteroatoms. The van der Waals surface area contributed by atoms with Gasteiger partial charge in [0.05, 0.1) is 18.5 Å². The quantitative estimate of drug-likeness (QED) is 0.427. The summed E-state index contributed by atoms with van der Waals surface area (Å²) >= 11 is 0. The number of rotatable bonds is 7. The maximum atomic E-state index is 13.1. The Morgan fingerprint density at radius 2 is 2.03 bits per heavy atom. The topological polar surface area (TPSA) is 102 Å². The Bertz CT molecular complexity index is 1320. The summed E-state index contributed by atoms with van der Waals surface area (Å²) in [7, 11) is 1.71. The Hall–Kier alpha value is -3.76. The summed E-state index contributed by atoms with van der Waals surface area (Å²) in [6.45, 7) is 7.39. The van der Waals surface area contributed by atoms with Gasteiger partial charge in [0.2, 0.25) is 0 Å². The second-order valence-corrected chi connectivity index (χ2v) is 8.98. The molecule has 1 aliphatic heterocycles. The van der Waals surface area contributed by atoms with Gasteiger partial charge in [-0.15, -0.1) is 0 Å². The largest absolute Gasteiger partial charge is 0.383 e. The number of methoxy groups -OCH3 is 1.